The van der Waals surface area contributed by atoms with Gasteiger partial charge in [0.2, 0.25) is 0 Å². The lowest BCUT2D eigenvalue weighted by atomic mass is 10.0. The number of hydrogen-bond acceptors (Lipinski definition) is 0. The molecule has 0 radical (unpaired) electrons. The van der Waals surface area contributed by atoms with Crippen molar-refractivity contribution in [2.24, 2.45) is 0 Å². The summed E-state index contributed by atoms with van der Waals surface area (Å²) in [7, 11) is 0. The third kappa shape index (κ3) is 3.82. The highest BCUT2D eigenvalue weighted by molar-refractivity contribution is 5.30. The zero-order chi connectivity index (χ0) is 8.69. The molecule has 0 atom stereocenters. The SMILES string of the molecule is C=C/C=C(C)\C(=C/C)CCC. The topological polar surface area (TPSA) is 0 Å². The fourth-order valence-corrected chi connectivity index (χ4v) is 1.12. The molecule has 0 rings (SSSR count). The highest BCUT2D eigenvalue weighted by atomic mass is 14.0. The van der Waals surface area contributed by atoms with Crippen LogP contribution in [-0.2, 0) is 0 Å². The summed E-state index contributed by atoms with van der Waals surface area (Å²) in [5, 5.41) is 0. The molecule has 0 bridgehead atoms. The lowest BCUT2D eigenvalue weighted by Crippen LogP contribution is -1.83. The lowest BCUT2D eigenvalue weighted by molar-refractivity contribution is 0.909. The average Bonchev–Trinajstić information content (AvgIpc) is 2.00. The molecule has 0 saturated carbocycles. The Morgan fingerprint density at radius 1 is 1.45 bits per heavy atom. The predicted octanol–water partition coefficient (Wildman–Crippen LogP) is 3.87. The van der Waals surface area contributed by atoms with Gasteiger partial charge in [-0.3, -0.25) is 0 Å². The second-order valence-electron chi connectivity index (χ2n) is 2.65. The van der Waals surface area contributed by atoms with Crippen LogP contribution in [0.4, 0.5) is 0 Å². The van der Waals surface area contributed by atoms with Gasteiger partial charge in [-0.05, 0) is 31.4 Å². The van der Waals surface area contributed by atoms with Gasteiger partial charge in [0.05, 0.1) is 0 Å². The molecule has 0 amide bonds. The molecule has 62 valence electrons. The molecule has 0 aromatic carbocycles. The van der Waals surface area contributed by atoms with E-state index in [0.717, 1.165) is 0 Å². The quantitative estimate of drug-likeness (QED) is 0.534. The molecule has 0 aliphatic carbocycles. The van der Waals surface area contributed by atoms with Crippen molar-refractivity contribution in [2.75, 3.05) is 0 Å². The molecular formula is C11H18. The van der Waals surface area contributed by atoms with E-state index in [1.807, 2.05) is 6.08 Å². The van der Waals surface area contributed by atoms with Crippen LogP contribution >= 0.6 is 0 Å². The molecule has 0 saturated heterocycles. The first-order chi connectivity index (χ1) is 5.26. The van der Waals surface area contributed by atoms with E-state index in [0.29, 0.717) is 0 Å². The van der Waals surface area contributed by atoms with Crippen molar-refractivity contribution in [3.05, 3.63) is 36.0 Å². The lowest BCUT2D eigenvalue weighted by Gasteiger charge is -2.03. The first-order valence-electron chi connectivity index (χ1n) is 4.21. The van der Waals surface area contributed by atoms with E-state index in [9.17, 15) is 0 Å². The highest BCUT2D eigenvalue weighted by Gasteiger charge is 1.94. The van der Waals surface area contributed by atoms with Crippen molar-refractivity contribution in [3.63, 3.8) is 0 Å². The van der Waals surface area contributed by atoms with E-state index in [1.165, 1.54) is 24.0 Å². The Labute approximate surface area is 70.3 Å². The van der Waals surface area contributed by atoms with Crippen molar-refractivity contribution in [1.29, 1.82) is 0 Å². The summed E-state index contributed by atoms with van der Waals surface area (Å²) in [5.41, 5.74) is 2.77. The monoisotopic (exact) mass is 150 g/mol. The Balaban J connectivity index is 4.26. The predicted molar refractivity (Wildman–Crippen MR) is 52.6 cm³/mol. The van der Waals surface area contributed by atoms with E-state index in [-0.39, 0.29) is 0 Å². The average molecular weight is 150 g/mol. The van der Waals surface area contributed by atoms with Gasteiger partial charge >= 0.3 is 0 Å². The van der Waals surface area contributed by atoms with Crippen molar-refractivity contribution in [3.8, 4) is 0 Å². The van der Waals surface area contributed by atoms with Gasteiger partial charge in [-0.25, -0.2) is 0 Å². The van der Waals surface area contributed by atoms with Gasteiger partial charge in [0, 0.05) is 0 Å². The molecule has 0 fully saturated rings. The Morgan fingerprint density at radius 2 is 2.09 bits per heavy atom. The zero-order valence-corrected chi connectivity index (χ0v) is 7.85. The minimum atomic E-state index is 1.17. The summed E-state index contributed by atoms with van der Waals surface area (Å²) in [6.45, 7) is 10.1. The first-order valence-corrected chi connectivity index (χ1v) is 4.21. The van der Waals surface area contributed by atoms with E-state index < -0.39 is 0 Å². The summed E-state index contributed by atoms with van der Waals surface area (Å²) in [5.74, 6) is 0. The fourth-order valence-electron chi connectivity index (χ4n) is 1.12. The summed E-state index contributed by atoms with van der Waals surface area (Å²) < 4.78 is 0. The minimum Gasteiger partial charge on any atom is -0.0991 e. The molecule has 0 unspecified atom stereocenters. The van der Waals surface area contributed by atoms with Crippen LogP contribution in [0, 0.1) is 0 Å². The van der Waals surface area contributed by atoms with E-state index in [4.69, 9.17) is 0 Å². The fraction of sp³-hybridized carbons (Fsp3) is 0.455. The smallest absolute Gasteiger partial charge is 0.0282 e. The highest BCUT2D eigenvalue weighted by Crippen LogP contribution is 2.14. The third-order valence-corrected chi connectivity index (χ3v) is 1.74. The maximum atomic E-state index is 3.67. The number of allylic oxidation sites excluding steroid dienone is 5. The Hall–Kier alpha value is -0.780. The molecule has 0 N–H and O–H groups in total. The van der Waals surface area contributed by atoms with Crippen LogP contribution in [0.3, 0.4) is 0 Å². The summed E-state index contributed by atoms with van der Waals surface area (Å²) >= 11 is 0. The minimum absolute atomic E-state index is 1.17. The molecule has 0 aliphatic rings. The van der Waals surface area contributed by atoms with Crippen LogP contribution in [0.25, 0.3) is 0 Å². The molecule has 0 heterocycles. The molecular weight excluding hydrogens is 132 g/mol. The van der Waals surface area contributed by atoms with Crippen molar-refractivity contribution in [2.45, 2.75) is 33.6 Å². The molecule has 0 aromatic rings. The summed E-state index contributed by atoms with van der Waals surface area (Å²) in [4.78, 5) is 0. The molecule has 0 nitrogen and oxygen atoms in total. The van der Waals surface area contributed by atoms with Gasteiger partial charge in [-0.1, -0.05) is 38.2 Å². The van der Waals surface area contributed by atoms with Crippen LogP contribution in [0.2, 0.25) is 0 Å². The van der Waals surface area contributed by atoms with Crippen LogP contribution in [0.5, 0.6) is 0 Å². The van der Waals surface area contributed by atoms with E-state index in [1.54, 1.807) is 0 Å². The van der Waals surface area contributed by atoms with Crippen molar-refractivity contribution >= 4 is 0 Å². The summed E-state index contributed by atoms with van der Waals surface area (Å²) in [6, 6.07) is 0. The summed E-state index contributed by atoms with van der Waals surface area (Å²) in [6.07, 6.45) is 8.47. The van der Waals surface area contributed by atoms with Crippen molar-refractivity contribution in [1.82, 2.24) is 0 Å². The second-order valence-corrected chi connectivity index (χ2v) is 2.65. The van der Waals surface area contributed by atoms with Gasteiger partial charge in [0.1, 0.15) is 0 Å². The largest absolute Gasteiger partial charge is 0.0991 e. The van der Waals surface area contributed by atoms with Crippen molar-refractivity contribution < 1.29 is 0 Å². The van der Waals surface area contributed by atoms with Gasteiger partial charge < -0.3 is 0 Å². The third-order valence-electron chi connectivity index (χ3n) is 1.74. The van der Waals surface area contributed by atoms with Gasteiger partial charge in [-0.2, -0.15) is 0 Å². The maximum Gasteiger partial charge on any atom is -0.0282 e. The normalized spacial score (nSPS) is 13.4. The Kier molecular flexibility index (Phi) is 5.54. The molecule has 0 aromatic heterocycles. The van der Waals surface area contributed by atoms with Gasteiger partial charge in [-0.15, -0.1) is 0 Å². The zero-order valence-electron chi connectivity index (χ0n) is 7.85. The van der Waals surface area contributed by atoms with Crippen LogP contribution in [-0.4, -0.2) is 0 Å². The Bertz CT molecular complexity index is 170. The molecule has 0 spiro atoms. The standard InChI is InChI=1S/C11H18/c1-5-8-10(4)11(7-3)9-6-2/h5,7-8H,1,6,9H2,2-4H3/b10-8-,11-7-. The van der Waals surface area contributed by atoms with E-state index >= 15 is 0 Å². The molecule has 0 aliphatic heterocycles. The van der Waals surface area contributed by atoms with E-state index in [2.05, 4.69) is 39.5 Å². The van der Waals surface area contributed by atoms with Crippen LogP contribution in [0.15, 0.2) is 36.0 Å². The first kappa shape index (κ1) is 10.2. The number of rotatable bonds is 4. The Morgan fingerprint density at radius 3 is 2.45 bits per heavy atom. The maximum absolute atomic E-state index is 3.67. The molecule has 11 heavy (non-hydrogen) atoms. The van der Waals surface area contributed by atoms with Crippen LogP contribution in [0.1, 0.15) is 33.6 Å². The van der Waals surface area contributed by atoms with Gasteiger partial charge in [0.15, 0.2) is 0 Å². The second kappa shape index (κ2) is 5.96. The van der Waals surface area contributed by atoms with Gasteiger partial charge in [0.25, 0.3) is 0 Å². The number of hydrogen-bond donors (Lipinski definition) is 0. The molecule has 0 heteroatoms. The van der Waals surface area contributed by atoms with Crippen LogP contribution < -0.4 is 0 Å².